The van der Waals surface area contributed by atoms with Crippen molar-refractivity contribution in [2.24, 2.45) is 0 Å². The Hall–Kier alpha value is -3.94. The van der Waals surface area contributed by atoms with E-state index < -0.39 is 11.9 Å². The molecule has 0 radical (unpaired) electrons. The predicted molar refractivity (Wildman–Crippen MR) is 102 cm³/mol. The second-order valence-electron chi connectivity index (χ2n) is 5.49. The molecule has 0 aliphatic rings. The van der Waals surface area contributed by atoms with Gasteiger partial charge in [0.25, 0.3) is 0 Å². The van der Waals surface area contributed by atoms with Gasteiger partial charge in [-0.15, -0.1) is 0 Å². The van der Waals surface area contributed by atoms with E-state index in [-0.39, 0.29) is 28.6 Å². The quantitative estimate of drug-likeness (QED) is 0.305. The van der Waals surface area contributed by atoms with Crippen LogP contribution >= 0.6 is 0 Å². The molecule has 0 aliphatic heterocycles. The summed E-state index contributed by atoms with van der Waals surface area (Å²) in [6.07, 6.45) is 4.11. The molecule has 0 heterocycles. The van der Waals surface area contributed by atoms with Crippen molar-refractivity contribution in [2.75, 3.05) is 7.11 Å². The third-order valence-corrected chi connectivity index (χ3v) is 3.33. The number of aliphatic carboxylic acids is 1. The monoisotopic (exact) mass is 388 g/mol. The number of carboxylic acid groups (broad SMARTS) is 1. The number of carbonyl (C=O) groups is 2. The Bertz CT molecular complexity index is 910. The second kappa shape index (κ2) is 10.3. The summed E-state index contributed by atoms with van der Waals surface area (Å²) in [4.78, 5) is 21.2. The number of rotatable bonds is 4. The van der Waals surface area contributed by atoms with E-state index in [0.29, 0.717) is 11.1 Å². The van der Waals surface area contributed by atoms with Crippen LogP contribution in [-0.4, -0.2) is 44.6 Å². The average Bonchev–Trinajstić information content (AvgIpc) is 2.65. The van der Waals surface area contributed by atoms with E-state index in [1.54, 1.807) is 6.07 Å². The van der Waals surface area contributed by atoms with Crippen LogP contribution < -0.4 is 0 Å². The number of aromatic hydroxyl groups is 4. The Kier molecular flexibility index (Phi) is 8.10. The number of phenolic OH excluding ortho intramolecular Hbond substituents is 4. The van der Waals surface area contributed by atoms with Gasteiger partial charge in [-0.25, -0.2) is 9.59 Å². The molecule has 0 amide bonds. The molecule has 148 valence electrons. The maximum atomic E-state index is 10.7. The highest BCUT2D eigenvalue weighted by atomic mass is 16.5. The minimum atomic E-state index is -1.02. The minimum Gasteiger partial charge on any atom is -0.504 e. The van der Waals surface area contributed by atoms with Crippen LogP contribution in [0.3, 0.4) is 0 Å². The Morgan fingerprint density at radius 3 is 1.82 bits per heavy atom. The van der Waals surface area contributed by atoms with Crippen LogP contribution in [0.1, 0.15) is 18.1 Å². The molecule has 5 N–H and O–H groups in total. The summed E-state index contributed by atoms with van der Waals surface area (Å²) in [6.45, 7) is 1.45. The van der Waals surface area contributed by atoms with Crippen molar-refractivity contribution >= 4 is 24.1 Å². The maximum absolute atomic E-state index is 10.7. The third kappa shape index (κ3) is 7.12. The smallest absolute Gasteiger partial charge is 0.331 e. The zero-order chi connectivity index (χ0) is 21.3. The molecule has 0 saturated carbocycles. The maximum Gasteiger partial charge on any atom is 0.331 e. The van der Waals surface area contributed by atoms with Crippen molar-refractivity contribution < 1.29 is 39.9 Å². The van der Waals surface area contributed by atoms with Gasteiger partial charge in [-0.05, 0) is 54.5 Å². The van der Waals surface area contributed by atoms with Gasteiger partial charge >= 0.3 is 11.9 Å². The van der Waals surface area contributed by atoms with Crippen molar-refractivity contribution in [1.82, 2.24) is 0 Å². The number of esters is 1. The standard InChI is InChI=1S/2C10H10O4/c1-14-10(13)5-3-7-2-4-8(11)9(12)6-7;1-6(10(13)14)4-7-2-3-8(11)9(12)5-7/h2-6,11-12H,1H3;2-5,11-12H,1H3,(H,13,14)/b5-3+;6-4+. The van der Waals surface area contributed by atoms with Crippen molar-refractivity contribution in [2.45, 2.75) is 6.92 Å². The van der Waals surface area contributed by atoms with Crippen molar-refractivity contribution in [1.29, 1.82) is 0 Å². The minimum absolute atomic E-state index is 0.162. The van der Waals surface area contributed by atoms with E-state index in [4.69, 9.17) is 25.5 Å². The lowest BCUT2D eigenvalue weighted by Gasteiger charge is -1.99. The van der Waals surface area contributed by atoms with Crippen LogP contribution in [0.15, 0.2) is 48.0 Å². The summed E-state index contributed by atoms with van der Waals surface area (Å²) >= 11 is 0. The van der Waals surface area contributed by atoms with Crippen molar-refractivity contribution in [3.8, 4) is 23.0 Å². The Labute approximate surface area is 160 Å². The summed E-state index contributed by atoms with van der Waals surface area (Å²) < 4.78 is 4.39. The van der Waals surface area contributed by atoms with Gasteiger partial charge in [0, 0.05) is 11.6 Å². The van der Waals surface area contributed by atoms with Crippen LogP contribution in [0.4, 0.5) is 0 Å². The van der Waals surface area contributed by atoms with Crippen molar-refractivity contribution in [3.63, 3.8) is 0 Å². The van der Waals surface area contributed by atoms with Crippen molar-refractivity contribution in [3.05, 3.63) is 59.2 Å². The highest BCUT2D eigenvalue weighted by Crippen LogP contribution is 2.26. The van der Waals surface area contributed by atoms with E-state index in [2.05, 4.69) is 4.74 Å². The molecule has 0 aromatic heterocycles. The molecule has 0 bridgehead atoms. The lowest BCUT2D eigenvalue weighted by molar-refractivity contribution is -0.135. The molecule has 0 atom stereocenters. The van der Waals surface area contributed by atoms with E-state index >= 15 is 0 Å². The molecular weight excluding hydrogens is 368 g/mol. The number of hydrogen-bond donors (Lipinski definition) is 5. The SMILES string of the molecule is C/C(=C\c1ccc(O)c(O)c1)C(=O)O.COC(=O)/C=C/c1ccc(O)c(O)c1. The first-order valence-corrected chi connectivity index (χ1v) is 7.85. The van der Waals surface area contributed by atoms with Gasteiger partial charge in [0.2, 0.25) is 0 Å². The zero-order valence-electron chi connectivity index (χ0n) is 15.2. The van der Waals surface area contributed by atoms with Crippen LogP contribution in [0.25, 0.3) is 12.2 Å². The van der Waals surface area contributed by atoms with E-state index in [1.165, 1.54) is 62.6 Å². The average molecular weight is 388 g/mol. The highest BCUT2D eigenvalue weighted by Gasteiger charge is 2.02. The summed E-state index contributed by atoms with van der Waals surface area (Å²) in [5.74, 6) is -2.40. The molecule has 2 aromatic rings. The predicted octanol–water partition coefficient (Wildman–Crippen LogP) is 2.87. The van der Waals surface area contributed by atoms with Gasteiger partial charge in [-0.1, -0.05) is 12.1 Å². The normalized spacial score (nSPS) is 10.9. The fraction of sp³-hybridized carbons (Fsp3) is 0.100. The molecule has 2 aromatic carbocycles. The molecule has 8 nitrogen and oxygen atoms in total. The fourth-order valence-corrected chi connectivity index (χ4v) is 1.82. The topological polar surface area (TPSA) is 145 Å². The Morgan fingerprint density at radius 1 is 0.857 bits per heavy atom. The van der Waals surface area contributed by atoms with E-state index in [9.17, 15) is 9.59 Å². The molecule has 0 fully saturated rings. The lowest BCUT2D eigenvalue weighted by atomic mass is 10.1. The largest absolute Gasteiger partial charge is 0.504 e. The lowest BCUT2D eigenvalue weighted by Crippen LogP contribution is -1.95. The van der Waals surface area contributed by atoms with Gasteiger partial charge in [-0.3, -0.25) is 0 Å². The van der Waals surface area contributed by atoms with E-state index in [1.807, 2.05) is 0 Å². The molecule has 0 unspecified atom stereocenters. The summed E-state index contributed by atoms with van der Waals surface area (Å²) in [5.41, 5.74) is 1.29. The fourth-order valence-electron chi connectivity index (χ4n) is 1.82. The van der Waals surface area contributed by atoms with Crippen LogP contribution in [0, 0.1) is 0 Å². The first kappa shape index (κ1) is 22.1. The number of carboxylic acids is 1. The number of benzene rings is 2. The zero-order valence-corrected chi connectivity index (χ0v) is 15.2. The van der Waals surface area contributed by atoms with Crippen LogP contribution in [-0.2, 0) is 14.3 Å². The first-order valence-electron chi connectivity index (χ1n) is 7.85. The molecule has 8 heteroatoms. The van der Waals surface area contributed by atoms with Gasteiger partial charge in [0.05, 0.1) is 7.11 Å². The number of phenols is 4. The Balaban J connectivity index is 0.000000280. The van der Waals surface area contributed by atoms with Crippen LogP contribution in [0.2, 0.25) is 0 Å². The number of carbonyl (C=O) groups excluding carboxylic acids is 1. The van der Waals surface area contributed by atoms with Crippen LogP contribution in [0.5, 0.6) is 23.0 Å². The molecule has 2 rings (SSSR count). The summed E-state index contributed by atoms with van der Waals surface area (Å²) in [7, 11) is 1.28. The molecular formula is C20H20O8. The third-order valence-electron chi connectivity index (χ3n) is 3.33. The molecule has 28 heavy (non-hydrogen) atoms. The number of ether oxygens (including phenoxy) is 1. The van der Waals surface area contributed by atoms with E-state index in [0.717, 1.165) is 0 Å². The molecule has 0 spiro atoms. The second-order valence-corrected chi connectivity index (χ2v) is 5.49. The highest BCUT2D eigenvalue weighted by molar-refractivity contribution is 5.91. The van der Waals surface area contributed by atoms with Gasteiger partial charge in [-0.2, -0.15) is 0 Å². The summed E-state index contributed by atoms with van der Waals surface area (Å²) in [6, 6.07) is 8.36. The van der Waals surface area contributed by atoms with Gasteiger partial charge in [0.15, 0.2) is 23.0 Å². The molecule has 0 saturated heterocycles. The van der Waals surface area contributed by atoms with Gasteiger partial charge in [0.1, 0.15) is 0 Å². The Morgan fingerprint density at radius 2 is 1.36 bits per heavy atom. The summed E-state index contributed by atoms with van der Waals surface area (Å²) in [5, 5.41) is 44.8. The number of methoxy groups -OCH3 is 1. The van der Waals surface area contributed by atoms with Gasteiger partial charge < -0.3 is 30.3 Å². The number of hydrogen-bond acceptors (Lipinski definition) is 7. The first-order chi connectivity index (χ1) is 13.1. The molecule has 0 aliphatic carbocycles.